The van der Waals surface area contributed by atoms with Gasteiger partial charge in [0.2, 0.25) is 5.91 Å². The second-order valence-electron chi connectivity index (χ2n) is 5.74. The van der Waals surface area contributed by atoms with Crippen molar-refractivity contribution < 1.29 is 4.79 Å². The Kier molecular flexibility index (Phi) is 6.23. The number of carbonyl (C=O) groups excluding carboxylic acids is 1. The zero-order valence-electron chi connectivity index (χ0n) is 14.1. The fourth-order valence-electron chi connectivity index (χ4n) is 2.86. The molecule has 1 amide bonds. The van der Waals surface area contributed by atoms with Crippen LogP contribution >= 0.6 is 11.8 Å². The summed E-state index contributed by atoms with van der Waals surface area (Å²) in [6, 6.07) is 4.10. The summed E-state index contributed by atoms with van der Waals surface area (Å²) in [6.07, 6.45) is 6.59. The fraction of sp³-hybridized carbons (Fsp3) is 0.500. The Morgan fingerprint density at radius 2 is 2.22 bits per heavy atom. The average molecular weight is 329 g/mol. The van der Waals surface area contributed by atoms with Gasteiger partial charge in [0, 0.05) is 17.9 Å². The zero-order chi connectivity index (χ0) is 16.8. The molecule has 0 bridgehead atoms. The van der Waals surface area contributed by atoms with Gasteiger partial charge in [-0.1, -0.05) is 17.8 Å². The van der Waals surface area contributed by atoms with Crippen molar-refractivity contribution in [3.8, 4) is 6.07 Å². The highest BCUT2D eigenvalue weighted by Gasteiger charge is 2.19. The van der Waals surface area contributed by atoms with Crippen LogP contribution in [-0.4, -0.2) is 28.1 Å². The van der Waals surface area contributed by atoms with Crippen molar-refractivity contribution in [1.82, 2.24) is 9.88 Å². The van der Waals surface area contributed by atoms with Gasteiger partial charge >= 0.3 is 0 Å². The van der Waals surface area contributed by atoms with Crippen LogP contribution in [0, 0.1) is 25.2 Å². The summed E-state index contributed by atoms with van der Waals surface area (Å²) in [5.74, 6) is 0.408. The van der Waals surface area contributed by atoms with Crippen LogP contribution < -0.4 is 0 Å². The Morgan fingerprint density at radius 1 is 1.43 bits per heavy atom. The number of rotatable bonds is 5. The van der Waals surface area contributed by atoms with E-state index in [-0.39, 0.29) is 5.91 Å². The summed E-state index contributed by atoms with van der Waals surface area (Å²) in [6.45, 7) is 6.51. The molecule has 4 nitrogen and oxygen atoms in total. The number of hydrogen-bond donors (Lipinski definition) is 0. The van der Waals surface area contributed by atoms with Gasteiger partial charge in [-0.2, -0.15) is 5.26 Å². The molecule has 1 aromatic rings. The van der Waals surface area contributed by atoms with Gasteiger partial charge in [-0.25, -0.2) is 4.98 Å². The lowest BCUT2D eigenvalue weighted by Gasteiger charge is -2.26. The Labute approximate surface area is 142 Å². The van der Waals surface area contributed by atoms with E-state index in [9.17, 15) is 10.1 Å². The van der Waals surface area contributed by atoms with Crippen LogP contribution in [-0.2, 0) is 4.79 Å². The maximum absolute atomic E-state index is 12.6. The smallest absolute Gasteiger partial charge is 0.237 e. The van der Waals surface area contributed by atoms with Gasteiger partial charge in [0.05, 0.1) is 11.3 Å². The lowest BCUT2D eigenvalue weighted by atomic mass is 10.0. The van der Waals surface area contributed by atoms with Crippen molar-refractivity contribution in [2.45, 2.75) is 51.5 Å². The van der Waals surface area contributed by atoms with Crippen LogP contribution in [0.1, 0.15) is 49.4 Å². The Balaban J connectivity index is 2.09. The van der Waals surface area contributed by atoms with Crippen LogP contribution in [0.3, 0.4) is 0 Å². The first-order chi connectivity index (χ1) is 11.1. The van der Waals surface area contributed by atoms with Crippen molar-refractivity contribution in [1.29, 1.82) is 5.26 Å². The highest BCUT2D eigenvalue weighted by molar-refractivity contribution is 8.00. The van der Waals surface area contributed by atoms with Crippen molar-refractivity contribution >= 4 is 17.7 Å². The molecule has 1 aliphatic rings. The Morgan fingerprint density at radius 3 is 2.83 bits per heavy atom. The SMILES string of the molecule is CCN(C(=O)CSc1nc(C)cc(C)c1C#N)C1=CCCCC1. The minimum atomic E-state index is 0.0931. The maximum atomic E-state index is 12.6. The second kappa shape index (κ2) is 8.16. The van der Waals surface area contributed by atoms with E-state index in [1.54, 1.807) is 0 Å². The second-order valence-corrected chi connectivity index (χ2v) is 6.70. The number of allylic oxidation sites excluding steroid dienone is 2. The molecule has 0 atom stereocenters. The number of carbonyl (C=O) groups is 1. The number of aromatic nitrogens is 1. The number of nitriles is 1. The molecule has 0 saturated carbocycles. The molecule has 0 aliphatic heterocycles. The molecule has 1 heterocycles. The summed E-state index contributed by atoms with van der Waals surface area (Å²) < 4.78 is 0. The zero-order valence-corrected chi connectivity index (χ0v) is 14.9. The van der Waals surface area contributed by atoms with E-state index >= 15 is 0 Å². The third-order valence-electron chi connectivity index (χ3n) is 3.99. The van der Waals surface area contributed by atoms with Crippen LogP contribution in [0.25, 0.3) is 0 Å². The summed E-state index contributed by atoms with van der Waals surface area (Å²) in [4.78, 5) is 18.9. The quantitative estimate of drug-likeness (QED) is 0.767. The minimum absolute atomic E-state index is 0.0931. The Hall–Kier alpha value is -1.80. The molecule has 0 radical (unpaired) electrons. The largest absolute Gasteiger partial charge is 0.316 e. The maximum Gasteiger partial charge on any atom is 0.237 e. The number of hydrogen-bond acceptors (Lipinski definition) is 4. The summed E-state index contributed by atoms with van der Waals surface area (Å²) in [7, 11) is 0. The van der Waals surface area contributed by atoms with Crippen LogP contribution in [0.2, 0.25) is 0 Å². The van der Waals surface area contributed by atoms with Crippen molar-refractivity contribution in [3.63, 3.8) is 0 Å². The number of amides is 1. The molecule has 23 heavy (non-hydrogen) atoms. The topological polar surface area (TPSA) is 57.0 Å². The predicted molar refractivity (Wildman–Crippen MR) is 93.1 cm³/mol. The molecule has 0 fully saturated rings. The molecule has 0 aromatic carbocycles. The molecule has 0 spiro atoms. The van der Waals surface area contributed by atoms with Crippen molar-refractivity contribution in [2.75, 3.05) is 12.3 Å². The molecule has 5 heteroatoms. The highest BCUT2D eigenvalue weighted by atomic mass is 32.2. The number of thioether (sulfide) groups is 1. The predicted octanol–water partition coefficient (Wildman–Crippen LogP) is 3.97. The fourth-order valence-corrected chi connectivity index (χ4v) is 3.83. The van der Waals surface area contributed by atoms with E-state index in [1.807, 2.05) is 31.7 Å². The van der Waals surface area contributed by atoms with E-state index in [2.05, 4.69) is 17.1 Å². The van der Waals surface area contributed by atoms with Gasteiger partial charge in [-0.05, 0) is 58.1 Å². The van der Waals surface area contributed by atoms with Gasteiger partial charge in [-0.3, -0.25) is 4.79 Å². The monoisotopic (exact) mass is 329 g/mol. The van der Waals surface area contributed by atoms with E-state index in [0.29, 0.717) is 22.9 Å². The molecule has 1 aliphatic carbocycles. The van der Waals surface area contributed by atoms with E-state index in [1.165, 1.54) is 18.2 Å². The summed E-state index contributed by atoms with van der Waals surface area (Å²) in [5, 5.41) is 9.97. The first-order valence-corrected chi connectivity index (χ1v) is 9.06. The van der Waals surface area contributed by atoms with E-state index < -0.39 is 0 Å². The van der Waals surface area contributed by atoms with Gasteiger partial charge in [0.1, 0.15) is 11.1 Å². The van der Waals surface area contributed by atoms with Crippen molar-refractivity contribution in [3.05, 3.63) is 34.7 Å². The average Bonchev–Trinajstić information content (AvgIpc) is 2.54. The van der Waals surface area contributed by atoms with Crippen LogP contribution in [0.4, 0.5) is 0 Å². The third-order valence-corrected chi connectivity index (χ3v) is 4.95. The molecular formula is C18H23N3OS. The van der Waals surface area contributed by atoms with Crippen LogP contribution in [0.15, 0.2) is 22.9 Å². The van der Waals surface area contributed by atoms with E-state index in [0.717, 1.165) is 36.2 Å². The summed E-state index contributed by atoms with van der Waals surface area (Å²) >= 11 is 1.36. The lowest BCUT2D eigenvalue weighted by Crippen LogP contribution is -2.32. The summed E-state index contributed by atoms with van der Waals surface area (Å²) in [5.41, 5.74) is 3.52. The first-order valence-electron chi connectivity index (χ1n) is 8.07. The minimum Gasteiger partial charge on any atom is -0.316 e. The molecular weight excluding hydrogens is 306 g/mol. The number of nitrogens with zero attached hydrogens (tertiary/aromatic N) is 3. The van der Waals surface area contributed by atoms with Gasteiger partial charge < -0.3 is 4.90 Å². The molecule has 0 unspecified atom stereocenters. The number of pyridine rings is 1. The van der Waals surface area contributed by atoms with Gasteiger partial charge in [0.15, 0.2) is 0 Å². The highest BCUT2D eigenvalue weighted by Crippen LogP contribution is 2.26. The number of aryl methyl sites for hydroxylation is 2. The normalized spacial score (nSPS) is 14.1. The van der Waals surface area contributed by atoms with Gasteiger partial charge in [0.25, 0.3) is 0 Å². The first kappa shape index (κ1) is 17.6. The lowest BCUT2D eigenvalue weighted by molar-refractivity contribution is -0.126. The third kappa shape index (κ3) is 4.35. The molecule has 122 valence electrons. The van der Waals surface area contributed by atoms with Crippen LogP contribution in [0.5, 0.6) is 0 Å². The molecule has 0 saturated heterocycles. The van der Waals surface area contributed by atoms with E-state index in [4.69, 9.17) is 0 Å². The van der Waals surface area contributed by atoms with Crippen molar-refractivity contribution in [2.24, 2.45) is 0 Å². The van der Waals surface area contributed by atoms with Gasteiger partial charge in [-0.15, -0.1) is 0 Å². The molecule has 0 N–H and O–H groups in total. The molecule has 1 aromatic heterocycles. The standard InChI is InChI=1S/C18H23N3OS/c1-4-21(15-8-6-5-7-9-15)17(22)12-23-18-16(11-19)13(2)10-14(3)20-18/h8,10H,4-7,9,12H2,1-3H3. The molecule has 2 rings (SSSR count). The Bertz CT molecular complexity index is 661.